The van der Waals surface area contributed by atoms with Crippen molar-refractivity contribution in [1.29, 1.82) is 0 Å². The third-order valence-corrected chi connectivity index (χ3v) is 5.50. The van der Waals surface area contributed by atoms with Crippen LogP contribution < -0.4 is 14.4 Å². The van der Waals surface area contributed by atoms with E-state index in [9.17, 15) is 5.11 Å². The Labute approximate surface area is 164 Å². The number of aryl methyl sites for hydroxylation is 1. The van der Waals surface area contributed by atoms with Crippen LogP contribution in [-0.2, 0) is 5.60 Å². The van der Waals surface area contributed by atoms with Crippen LogP contribution >= 0.6 is 0 Å². The fourth-order valence-corrected chi connectivity index (χ4v) is 3.83. The fourth-order valence-electron chi connectivity index (χ4n) is 3.83. The maximum atomic E-state index is 11.3. The number of nitrogens with zero attached hydrogens (tertiary/aromatic N) is 3. The summed E-state index contributed by atoms with van der Waals surface area (Å²) in [6.45, 7) is 3.39. The van der Waals surface area contributed by atoms with E-state index in [1.165, 1.54) is 0 Å². The highest BCUT2D eigenvalue weighted by Crippen LogP contribution is 2.38. The second-order valence-corrected chi connectivity index (χ2v) is 7.24. The van der Waals surface area contributed by atoms with Crippen LogP contribution in [0.25, 0.3) is 11.0 Å². The molecule has 1 fully saturated rings. The monoisotopic (exact) mass is 379 g/mol. The summed E-state index contributed by atoms with van der Waals surface area (Å²) in [6.07, 6.45) is 1.19. The summed E-state index contributed by atoms with van der Waals surface area (Å²) in [5, 5.41) is 11.3. The number of methoxy groups -OCH3 is 2. The lowest BCUT2D eigenvalue weighted by Gasteiger charge is -2.39. The Kier molecular flexibility index (Phi) is 4.81. The molecule has 6 heteroatoms. The number of aliphatic hydroxyl groups is 1. The number of hydrogen-bond donors (Lipinski definition) is 1. The highest BCUT2D eigenvalue weighted by atomic mass is 16.5. The van der Waals surface area contributed by atoms with Gasteiger partial charge < -0.3 is 19.5 Å². The van der Waals surface area contributed by atoms with Crippen molar-refractivity contribution in [1.82, 2.24) is 9.97 Å². The molecule has 0 amide bonds. The minimum Gasteiger partial charge on any atom is -0.497 e. The first-order valence-electron chi connectivity index (χ1n) is 9.47. The van der Waals surface area contributed by atoms with Crippen LogP contribution in [0, 0.1) is 6.92 Å². The van der Waals surface area contributed by atoms with Gasteiger partial charge in [-0.05, 0) is 49.6 Å². The zero-order valence-corrected chi connectivity index (χ0v) is 16.5. The van der Waals surface area contributed by atoms with E-state index in [0.29, 0.717) is 37.4 Å². The number of aromatic nitrogens is 2. The number of rotatable bonds is 4. The van der Waals surface area contributed by atoms with Crippen LogP contribution in [0.4, 0.5) is 5.82 Å². The SMILES string of the molecule is COc1cc(OC)cc(C2(O)CCN(c3nc4ccccc4nc3C)CC2)c1. The molecule has 146 valence electrons. The molecule has 6 nitrogen and oxygen atoms in total. The third-order valence-electron chi connectivity index (χ3n) is 5.50. The Hall–Kier alpha value is -2.86. The van der Waals surface area contributed by atoms with Crippen LogP contribution in [0.2, 0.25) is 0 Å². The van der Waals surface area contributed by atoms with Gasteiger partial charge in [0.25, 0.3) is 0 Å². The van der Waals surface area contributed by atoms with E-state index >= 15 is 0 Å². The van der Waals surface area contributed by atoms with E-state index in [1.807, 2.05) is 49.4 Å². The molecule has 0 aliphatic carbocycles. The molecule has 1 aliphatic rings. The fraction of sp³-hybridized carbons (Fsp3) is 0.364. The molecule has 0 unspecified atom stereocenters. The van der Waals surface area contributed by atoms with Crippen LogP contribution in [0.15, 0.2) is 42.5 Å². The van der Waals surface area contributed by atoms with Crippen LogP contribution in [0.5, 0.6) is 11.5 Å². The van der Waals surface area contributed by atoms with E-state index in [4.69, 9.17) is 19.4 Å². The number of anilines is 1. The Morgan fingerprint density at radius 2 is 1.50 bits per heavy atom. The Morgan fingerprint density at radius 1 is 0.929 bits per heavy atom. The second kappa shape index (κ2) is 7.28. The predicted octanol–water partition coefficient (Wildman–Crippen LogP) is 3.44. The van der Waals surface area contributed by atoms with Crippen molar-refractivity contribution < 1.29 is 14.6 Å². The highest BCUT2D eigenvalue weighted by molar-refractivity contribution is 5.76. The van der Waals surface area contributed by atoms with Gasteiger partial charge in [-0.2, -0.15) is 0 Å². The molecule has 1 aliphatic heterocycles. The lowest BCUT2D eigenvalue weighted by atomic mass is 9.84. The normalized spacial score (nSPS) is 16.2. The van der Waals surface area contributed by atoms with Gasteiger partial charge in [-0.1, -0.05) is 12.1 Å². The van der Waals surface area contributed by atoms with E-state index in [0.717, 1.165) is 28.1 Å². The van der Waals surface area contributed by atoms with Gasteiger partial charge in [0, 0.05) is 19.2 Å². The number of piperidine rings is 1. The maximum absolute atomic E-state index is 11.3. The van der Waals surface area contributed by atoms with Crippen molar-refractivity contribution >= 4 is 16.9 Å². The van der Waals surface area contributed by atoms with E-state index < -0.39 is 5.60 Å². The van der Waals surface area contributed by atoms with E-state index in [2.05, 4.69) is 4.90 Å². The van der Waals surface area contributed by atoms with Gasteiger partial charge in [-0.15, -0.1) is 0 Å². The molecule has 4 rings (SSSR count). The van der Waals surface area contributed by atoms with Crippen LogP contribution in [0.3, 0.4) is 0 Å². The smallest absolute Gasteiger partial charge is 0.150 e. The minimum atomic E-state index is -0.920. The predicted molar refractivity (Wildman–Crippen MR) is 109 cm³/mol. The molecule has 28 heavy (non-hydrogen) atoms. The standard InChI is InChI=1S/C22H25N3O3/c1-15-21(24-20-7-5-4-6-19(20)23-15)25-10-8-22(26,9-11-25)16-12-17(27-2)14-18(13-16)28-3/h4-7,12-14,26H,8-11H2,1-3H3. The summed E-state index contributed by atoms with van der Waals surface area (Å²) in [4.78, 5) is 11.7. The molecule has 2 heterocycles. The number of para-hydroxylation sites is 2. The van der Waals surface area contributed by atoms with Crippen molar-refractivity contribution in [3.8, 4) is 11.5 Å². The number of ether oxygens (including phenoxy) is 2. The Balaban J connectivity index is 1.58. The number of hydrogen-bond acceptors (Lipinski definition) is 6. The van der Waals surface area contributed by atoms with Gasteiger partial charge in [0.05, 0.1) is 36.5 Å². The molecule has 0 radical (unpaired) electrons. The van der Waals surface area contributed by atoms with Crippen LogP contribution in [-0.4, -0.2) is 42.4 Å². The largest absolute Gasteiger partial charge is 0.497 e. The zero-order valence-electron chi connectivity index (χ0n) is 16.5. The van der Waals surface area contributed by atoms with Gasteiger partial charge in [0.2, 0.25) is 0 Å². The van der Waals surface area contributed by atoms with E-state index in [-0.39, 0.29) is 0 Å². The van der Waals surface area contributed by atoms with Crippen molar-refractivity contribution in [2.45, 2.75) is 25.4 Å². The average Bonchev–Trinajstić information content (AvgIpc) is 2.73. The summed E-state index contributed by atoms with van der Waals surface area (Å²) < 4.78 is 10.7. The lowest BCUT2D eigenvalue weighted by Crippen LogP contribution is -2.43. The second-order valence-electron chi connectivity index (χ2n) is 7.24. The summed E-state index contributed by atoms with van der Waals surface area (Å²) >= 11 is 0. The molecule has 1 saturated heterocycles. The third kappa shape index (κ3) is 3.36. The summed E-state index contributed by atoms with van der Waals surface area (Å²) in [6, 6.07) is 13.5. The first-order valence-corrected chi connectivity index (χ1v) is 9.47. The Bertz CT molecular complexity index is 975. The van der Waals surface area contributed by atoms with Crippen molar-refractivity contribution in [3.05, 3.63) is 53.7 Å². The zero-order chi connectivity index (χ0) is 19.7. The van der Waals surface area contributed by atoms with E-state index in [1.54, 1.807) is 14.2 Å². The Morgan fingerprint density at radius 3 is 2.07 bits per heavy atom. The summed E-state index contributed by atoms with van der Waals surface area (Å²) in [5.74, 6) is 2.26. The minimum absolute atomic E-state index is 0.595. The topological polar surface area (TPSA) is 67.7 Å². The lowest BCUT2D eigenvalue weighted by molar-refractivity contribution is 0.0113. The molecule has 1 aromatic heterocycles. The maximum Gasteiger partial charge on any atom is 0.150 e. The first kappa shape index (κ1) is 18.5. The summed E-state index contributed by atoms with van der Waals surface area (Å²) in [5.41, 5.74) is 2.61. The number of fused-ring (bicyclic) bond motifs is 1. The molecule has 0 spiro atoms. The molecular formula is C22H25N3O3. The van der Waals surface area contributed by atoms with Crippen molar-refractivity contribution in [2.24, 2.45) is 0 Å². The van der Waals surface area contributed by atoms with Crippen LogP contribution in [0.1, 0.15) is 24.1 Å². The van der Waals surface area contributed by atoms with Gasteiger partial charge in [0.1, 0.15) is 11.5 Å². The first-order chi connectivity index (χ1) is 13.5. The van der Waals surface area contributed by atoms with Crippen molar-refractivity contribution in [3.63, 3.8) is 0 Å². The van der Waals surface area contributed by atoms with Gasteiger partial charge in [-0.25, -0.2) is 9.97 Å². The molecule has 3 aromatic rings. The number of benzene rings is 2. The van der Waals surface area contributed by atoms with Crippen molar-refractivity contribution in [2.75, 3.05) is 32.2 Å². The molecule has 0 atom stereocenters. The average molecular weight is 379 g/mol. The quantitative estimate of drug-likeness (QED) is 0.749. The van der Waals surface area contributed by atoms with Gasteiger partial charge >= 0.3 is 0 Å². The molecule has 1 N–H and O–H groups in total. The van der Waals surface area contributed by atoms with Gasteiger partial charge in [-0.3, -0.25) is 0 Å². The molecule has 0 bridgehead atoms. The molecule has 2 aromatic carbocycles. The molecular weight excluding hydrogens is 354 g/mol. The molecule has 0 saturated carbocycles. The van der Waals surface area contributed by atoms with Gasteiger partial charge in [0.15, 0.2) is 5.82 Å². The highest BCUT2D eigenvalue weighted by Gasteiger charge is 2.35. The summed E-state index contributed by atoms with van der Waals surface area (Å²) in [7, 11) is 3.23.